The Kier molecular flexibility index (Phi) is 4.95. The van der Waals surface area contributed by atoms with E-state index < -0.39 is 0 Å². The number of hydrogen-bond acceptors (Lipinski definition) is 6. The third-order valence-electron chi connectivity index (χ3n) is 5.28. The van der Waals surface area contributed by atoms with Crippen molar-refractivity contribution in [1.82, 2.24) is 24.7 Å². The Morgan fingerprint density at radius 2 is 1.91 bits per heavy atom. The number of pyridine rings is 2. The molecule has 0 bridgehead atoms. The van der Waals surface area contributed by atoms with Crippen LogP contribution in [0.3, 0.4) is 0 Å². The summed E-state index contributed by atoms with van der Waals surface area (Å²) in [7, 11) is 0. The minimum absolute atomic E-state index is 0.0936. The predicted molar refractivity (Wildman–Crippen MR) is 121 cm³/mol. The number of benzene rings is 1. The Morgan fingerprint density at radius 1 is 1.03 bits per heavy atom. The first-order valence-electron chi connectivity index (χ1n) is 10.2. The van der Waals surface area contributed by atoms with Crippen LogP contribution >= 0.6 is 0 Å². The van der Waals surface area contributed by atoms with Crippen LogP contribution in [0.4, 0.5) is 5.69 Å². The van der Waals surface area contributed by atoms with E-state index in [4.69, 9.17) is 0 Å². The van der Waals surface area contributed by atoms with Gasteiger partial charge in [-0.15, -0.1) is 10.2 Å². The largest absolute Gasteiger partial charge is 0.506 e. The number of nitrogens with zero attached hydrogens (tertiary/aromatic N) is 5. The Balaban J connectivity index is 1.36. The first-order valence-corrected chi connectivity index (χ1v) is 10.2. The standard InChI is InChI=1S/C24H20N6O2/c1-15(31)21-8-5-18(13-26-21)16-9-10-25-22(12-16)24(32)28-19-4-2-3-17(11-19)23-29-27-14-30(23)20-6-7-20/h2-5,8-14,20,31H,1,6-7H2,(H,28,32). The maximum atomic E-state index is 12.9. The zero-order chi connectivity index (χ0) is 22.1. The first-order chi connectivity index (χ1) is 15.6. The number of hydrogen-bond donors (Lipinski definition) is 2. The third kappa shape index (κ3) is 3.98. The number of nitrogens with one attached hydrogen (secondary N) is 1. The van der Waals surface area contributed by atoms with Gasteiger partial charge in [-0.25, -0.2) is 0 Å². The lowest BCUT2D eigenvalue weighted by molar-refractivity contribution is 0.102. The van der Waals surface area contributed by atoms with Crippen LogP contribution < -0.4 is 5.32 Å². The molecule has 5 rings (SSSR count). The van der Waals surface area contributed by atoms with Gasteiger partial charge in [0.25, 0.3) is 5.91 Å². The molecule has 1 aromatic carbocycles. The molecule has 0 unspecified atom stereocenters. The lowest BCUT2D eigenvalue weighted by Crippen LogP contribution is -2.13. The summed E-state index contributed by atoms with van der Waals surface area (Å²) in [4.78, 5) is 21.2. The average Bonchev–Trinajstić information content (AvgIpc) is 3.55. The molecule has 8 heteroatoms. The van der Waals surface area contributed by atoms with Gasteiger partial charge in [-0.2, -0.15) is 0 Å². The van der Waals surface area contributed by atoms with E-state index in [1.807, 2.05) is 24.3 Å². The quantitative estimate of drug-likeness (QED) is 0.441. The molecule has 4 aromatic rings. The molecule has 0 saturated heterocycles. The van der Waals surface area contributed by atoms with E-state index in [2.05, 4.69) is 36.6 Å². The van der Waals surface area contributed by atoms with E-state index in [1.54, 1.807) is 43.0 Å². The van der Waals surface area contributed by atoms with Gasteiger partial charge in [0.2, 0.25) is 0 Å². The van der Waals surface area contributed by atoms with Crippen LogP contribution in [0.1, 0.15) is 35.1 Å². The smallest absolute Gasteiger partial charge is 0.274 e. The van der Waals surface area contributed by atoms with Gasteiger partial charge in [-0.1, -0.05) is 24.8 Å². The highest BCUT2D eigenvalue weighted by atomic mass is 16.3. The molecule has 0 radical (unpaired) electrons. The fourth-order valence-corrected chi connectivity index (χ4v) is 3.47. The maximum absolute atomic E-state index is 12.9. The summed E-state index contributed by atoms with van der Waals surface area (Å²) in [6.07, 6.45) is 7.23. The molecular weight excluding hydrogens is 404 g/mol. The Bertz CT molecular complexity index is 1310. The summed E-state index contributed by atoms with van der Waals surface area (Å²) < 4.78 is 2.08. The number of aromatic nitrogens is 5. The van der Waals surface area contributed by atoms with Gasteiger partial charge in [0.15, 0.2) is 5.82 Å². The fourth-order valence-electron chi connectivity index (χ4n) is 3.47. The Labute approximate surface area is 184 Å². The number of anilines is 1. The van der Waals surface area contributed by atoms with Crippen molar-refractivity contribution in [3.05, 3.63) is 85.2 Å². The van der Waals surface area contributed by atoms with Gasteiger partial charge in [0.1, 0.15) is 23.5 Å². The summed E-state index contributed by atoms with van der Waals surface area (Å²) in [6.45, 7) is 3.47. The molecule has 2 N–H and O–H groups in total. The molecule has 1 aliphatic rings. The van der Waals surface area contributed by atoms with Gasteiger partial charge in [-0.05, 0) is 48.7 Å². The van der Waals surface area contributed by atoms with E-state index in [0.29, 0.717) is 17.4 Å². The zero-order valence-corrected chi connectivity index (χ0v) is 17.1. The van der Waals surface area contributed by atoms with Crippen LogP contribution in [0.25, 0.3) is 28.3 Å². The predicted octanol–water partition coefficient (Wildman–Crippen LogP) is 4.52. The molecule has 32 heavy (non-hydrogen) atoms. The van der Waals surface area contributed by atoms with Crippen LogP contribution in [0.15, 0.2) is 73.8 Å². The normalized spacial score (nSPS) is 13.0. The van der Waals surface area contributed by atoms with Crippen LogP contribution in [-0.2, 0) is 0 Å². The molecular formula is C24H20N6O2. The highest BCUT2D eigenvalue weighted by Crippen LogP contribution is 2.37. The Morgan fingerprint density at radius 3 is 2.66 bits per heavy atom. The van der Waals surface area contributed by atoms with Crippen molar-refractivity contribution in [2.45, 2.75) is 18.9 Å². The minimum Gasteiger partial charge on any atom is -0.506 e. The van der Waals surface area contributed by atoms with Gasteiger partial charge < -0.3 is 15.0 Å². The van der Waals surface area contributed by atoms with Crippen molar-refractivity contribution in [1.29, 1.82) is 0 Å². The van der Waals surface area contributed by atoms with Gasteiger partial charge in [0, 0.05) is 35.2 Å². The topological polar surface area (TPSA) is 106 Å². The summed E-state index contributed by atoms with van der Waals surface area (Å²) in [5.41, 5.74) is 3.82. The molecule has 1 amide bonds. The SMILES string of the molecule is C=C(O)c1ccc(-c2ccnc(C(=O)Nc3cccc(-c4nncn4C4CC4)c3)c2)cn1. The van der Waals surface area contributed by atoms with Crippen molar-refractivity contribution in [3.63, 3.8) is 0 Å². The fraction of sp³-hybridized carbons (Fsp3) is 0.125. The van der Waals surface area contributed by atoms with Crippen molar-refractivity contribution >= 4 is 17.4 Å². The number of amides is 1. The average molecular weight is 424 g/mol. The molecule has 8 nitrogen and oxygen atoms in total. The van der Waals surface area contributed by atoms with E-state index in [9.17, 15) is 9.90 Å². The molecule has 1 aliphatic carbocycles. The second-order valence-electron chi connectivity index (χ2n) is 7.64. The number of carbonyl (C=O) groups excluding carboxylic acids is 1. The maximum Gasteiger partial charge on any atom is 0.274 e. The summed E-state index contributed by atoms with van der Waals surface area (Å²) >= 11 is 0. The van der Waals surface area contributed by atoms with E-state index in [0.717, 1.165) is 35.4 Å². The zero-order valence-electron chi connectivity index (χ0n) is 17.1. The molecule has 0 aliphatic heterocycles. The highest BCUT2D eigenvalue weighted by molar-refractivity contribution is 6.03. The van der Waals surface area contributed by atoms with Crippen molar-refractivity contribution in [2.24, 2.45) is 0 Å². The monoisotopic (exact) mass is 424 g/mol. The van der Waals surface area contributed by atoms with Crippen LogP contribution in [0.2, 0.25) is 0 Å². The van der Waals surface area contributed by atoms with Crippen LogP contribution in [0, 0.1) is 0 Å². The highest BCUT2D eigenvalue weighted by Gasteiger charge is 2.26. The summed E-state index contributed by atoms with van der Waals surface area (Å²) in [5.74, 6) is 0.384. The van der Waals surface area contributed by atoms with E-state index in [1.165, 1.54) is 0 Å². The second kappa shape index (κ2) is 8.07. The number of rotatable bonds is 6. The molecule has 3 heterocycles. The van der Waals surface area contributed by atoms with Crippen LogP contribution in [0.5, 0.6) is 0 Å². The molecule has 1 fully saturated rings. The minimum atomic E-state index is -0.319. The van der Waals surface area contributed by atoms with Gasteiger partial charge in [0.05, 0.1) is 0 Å². The Hall–Kier alpha value is -4.33. The van der Waals surface area contributed by atoms with Gasteiger partial charge in [-0.3, -0.25) is 14.8 Å². The lowest BCUT2D eigenvalue weighted by atomic mass is 10.1. The lowest BCUT2D eigenvalue weighted by Gasteiger charge is -2.09. The number of aliphatic hydroxyl groups is 1. The molecule has 0 spiro atoms. The molecule has 0 atom stereocenters. The summed E-state index contributed by atoms with van der Waals surface area (Å²) in [6, 6.07) is 15.0. The van der Waals surface area contributed by atoms with Crippen molar-refractivity contribution in [2.75, 3.05) is 5.32 Å². The molecule has 1 saturated carbocycles. The molecule has 158 valence electrons. The van der Waals surface area contributed by atoms with Crippen molar-refractivity contribution < 1.29 is 9.90 Å². The molecule has 3 aromatic heterocycles. The van der Waals surface area contributed by atoms with E-state index in [-0.39, 0.29) is 17.4 Å². The van der Waals surface area contributed by atoms with E-state index >= 15 is 0 Å². The third-order valence-corrected chi connectivity index (χ3v) is 5.28. The van der Waals surface area contributed by atoms with Crippen molar-refractivity contribution in [3.8, 4) is 22.5 Å². The number of aliphatic hydroxyl groups excluding tert-OH is 1. The first kappa shape index (κ1) is 19.6. The second-order valence-corrected chi connectivity index (χ2v) is 7.64. The number of carbonyl (C=O) groups is 1. The van der Waals surface area contributed by atoms with Crippen LogP contribution in [-0.4, -0.2) is 35.7 Å². The summed E-state index contributed by atoms with van der Waals surface area (Å²) in [5, 5.41) is 20.6. The van der Waals surface area contributed by atoms with Gasteiger partial charge >= 0.3 is 0 Å².